The molecular weight excluding hydrogens is 445 g/mol. The number of aromatic nitrogens is 4. The molecule has 1 N–H and O–H groups in total. The lowest BCUT2D eigenvalue weighted by Crippen LogP contribution is -2.23. The van der Waals surface area contributed by atoms with Crippen molar-refractivity contribution in [3.63, 3.8) is 0 Å². The van der Waals surface area contributed by atoms with Crippen molar-refractivity contribution < 1.29 is 9.53 Å². The molecule has 0 aliphatic rings. The second kappa shape index (κ2) is 9.68. The minimum Gasteiger partial charge on any atom is -0.497 e. The van der Waals surface area contributed by atoms with E-state index in [-0.39, 0.29) is 22.8 Å². The first-order valence-electron chi connectivity index (χ1n) is 9.18. The van der Waals surface area contributed by atoms with Crippen LogP contribution in [-0.2, 0) is 4.79 Å². The van der Waals surface area contributed by atoms with Crippen LogP contribution in [0, 0.1) is 0 Å². The summed E-state index contributed by atoms with van der Waals surface area (Å²) in [6.45, 7) is 5.88. The van der Waals surface area contributed by atoms with Gasteiger partial charge in [-0.05, 0) is 51.1 Å². The Bertz CT molecular complexity index is 1040. The number of hydrogen-bond acceptors (Lipinski definition) is 6. The van der Waals surface area contributed by atoms with Gasteiger partial charge in [-0.25, -0.2) is 4.98 Å². The summed E-state index contributed by atoms with van der Waals surface area (Å²) in [5.41, 5.74) is 0.915. The molecule has 10 heteroatoms. The predicted molar refractivity (Wildman–Crippen MR) is 121 cm³/mol. The number of methoxy groups -OCH3 is 1. The third-order valence-corrected chi connectivity index (χ3v) is 5.78. The Balaban J connectivity index is 1.79. The van der Waals surface area contributed by atoms with Gasteiger partial charge in [0, 0.05) is 17.8 Å². The van der Waals surface area contributed by atoms with E-state index < -0.39 is 5.25 Å². The fourth-order valence-corrected chi connectivity index (χ4v) is 4.10. The number of ether oxygens (including phenoxy) is 1. The molecule has 0 radical (unpaired) electrons. The molecule has 0 saturated heterocycles. The van der Waals surface area contributed by atoms with Crippen molar-refractivity contribution in [1.29, 1.82) is 0 Å². The van der Waals surface area contributed by atoms with E-state index in [9.17, 15) is 4.79 Å². The molecule has 7 nitrogen and oxygen atoms in total. The Labute approximate surface area is 189 Å². The lowest BCUT2D eigenvalue weighted by Gasteiger charge is -2.16. The first-order chi connectivity index (χ1) is 14.3. The number of thioether (sulfide) groups is 1. The first kappa shape index (κ1) is 22.4. The molecule has 0 aliphatic heterocycles. The lowest BCUT2D eigenvalue weighted by molar-refractivity contribution is -0.115. The molecule has 3 aromatic rings. The van der Waals surface area contributed by atoms with E-state index in [0.717, 1.165) is 17.1 Å². The molecule has 1 atom stereocenters. The van der Waals surface area contributed by atoms with Gasteiger partial charge in [0.2, 0.25) is 5.91 Å². The maximum Gasteiger partial charge on any atom is 0.238 e. The van der Waals surface area contributed by atoms with Gasteiger partial charge in [-0.15, -0.1) is 10.2 Å². The van der Waals surface area contributed by atoms with Crippen LogP contribution in [0.25, 0.3) is 11.4 Å². The van der Waals surface area contributed by atoms with Crippen molar-refractivity contribution in [2.75, 3.05) is 12.4 Å². The van der Waals surface area contributed by atoms with Crippen LogP contribution in [0.4, 0.5) is 5.82 Å². The number of nitrogens with zero attached hydrogens (tertiary/aromatic N) is 4. The van der Waals surface area contributed by atoms with Crippen molar-refractivity contribution in [2.24, 2.45) is 0 Å². The molecule has 0 saturated carbocycles. The summed E-state index contributed by atoms with van der Waals surface area (Å²) in [6.07, 6.45) is 1.43. The third kappa shape index (κ3) is 5.06. The number of amides is 1. The highest BCUT2D eigenvalue weighted by Gasteiger charge is 2.23. The second-order valence-corrected chi connectivity index (χ2v) is 8.88. The number of hydrogen-bond donors (Lipinski definition) is 1. The molecule has 0 fully saturated rings. The van der Waals surface area contributed by atoms with Crippen molar-refractivity contribution in [1.82, 2.24) is 19.7 Å². The Kier molecular flexibility index (Phi) is 7.23. The fourth-order valence-electron chi connectivity index (χ4n) is 2.70. The predicted octanol–water partition coefficient (Wildman–Crippen LogP) is 5.36. The van der Waals surface area contributed by atoms with Crippen LogP contribution < -0.4 is 10.1 Å². The summed E-state index contributed by atoms with van der Waals surface area (Å²) >= 11 is 13.3. The number of halogens is 2. The van der Waals surface area contributed by atoms with Gasteiger partial charge < -0.3 is 10.1 Å². The van der Waals surface area contributed by atoms with E-state index in [2.05, 4.69) is 20.5 Å². The molecule has 2 aromatic heterocycles. The number of benzene rings is 1. The van der Waals surface area contributed by atoms with Gasteiger partial charge in [0.25, 0.3) is 0 Å². The van der Waals surface area contributed by atoms with Crippen LogP contribution in [-0.4, -0.2) is 38.0 Å². The average molecular weight is 466 g/mol. The van der Waals surface area contributed by atoms with Crippen molar-refractivity contribution in [2.45, 2.75) is 37.2 Å². The normalized spacial score (nSPS) is 12.1. The second-order valence-electron chi connectivity index (χ2n) is 6.73. The van der Waals surface area contributed by atoms with Crippen LogP contribution in [0.2, 0.25) is 10.0 Å². The zero-order valence-electron chi connectivity index (χ0n) is 16.9. The van der Waals surface area contributed by atoms with Gasteiger partial charge in [-0.3, -0.25) is 9.36 Å². The molecule has 0 spiro atoms. The van der Waals surface area contributed by atoms with E-state index in [0.29, 0.717) is 10.2 Å². The van der Waals surface area contributed by atoms with Crippen LogP contribution in [0.1, 0.15) is 26.8 Å². The summed E-state index contributed by atoms with van der Waals surface area (Å²) in [5.74, 6) is 1.51. The van der Waals surface area contributed by atoms with Crippen molar-refractivity contribution in [3.05, 3.63) is 46.6 Å². The number of rotatable bonds is 7. The molecule has 0 aliphatic carbocycles. The summed E-state index contributed by atoms with van der Waals surface area (Å²) < 4.78 is 7.22. The average Bonchev–Trinajstić information content (AvgIpc) is 3.13. The van der Waals surface area contributed by atoms with Gasteiger partial charge in [0.15, 0.2) is 16.8 Å². The van der Waals surface area contributed by atoms with Crippen LogP contribution in [0.5, 0.6) is 5.75 Å². The minimum absolute atomic E-state index is 0.0993. The third-order valence-electron chi connectivity index (χ3n) is 4.23. The number of pyridine rings is 1. The number of nitrogens with one attached hydrogen (secondary N) is 1. The van der Waals surface area contributed by atoms with Crippen LogP contribution >= 0.6 is 35.0 Å². The van der Waals surface area contributed by atoms with Gasteiger partial charge >= 0.3 is 0 Å². The zero-order valence-corrected chi connectivity index (χ0v) is 19.2. The molecule has 158 valence electrons. The topological polar surface area (TPSA) is 81.9 Å². The van der Waals surface area contributed by atoms with Gasteiger partial charge in [0.1, 0.15) is 5.75 Å². The van der Waals surface area contributed by atoms with Crippen LogP contribution in [0.15, 0.2) is 41.7 Å². The van der Waals surface area contributed by atoms with Gasteiger partial charge in [0.05, 0.1) is 22.4 Å². The van der Waals surface area contributed by atoms with E-state index in [1.807, 2.05) is 42.7 Å². The number of carbonyl (C=O) groups is 1. The highest BCUT2D eigenvalue weighted by molar-refractivity contribution is 8.00. The lowest BCUT2D eigenvalue weighted by atomic mass is 10.2. The highest BCUT2D eigenvalue weighted by Crippen LogP contribution is 2.31. The molecule has 0 unspecified atom stereocenters. The maximum atomic E-state index is 12.6. The Morgan fingerprint density at radius 1 is 1.17 bits per heavy atom. The van der Waals surface area contributed by atoms with Crippen molar-refractivity contribution >= 4 is 46.7 Å². The standard InChI is InChI=1S/C20H21Cl2N5O2S/c1-11(2)27-18(13-5-7-15(29-4)8-6-13)25-26-20(27)30-12(3)19(28)24-17-16(22)9-14(21)10-23-17/h5-12H,1-4H3,(H,23,24,28)/t12-/m0/s1. The quantitative estimate of drug-likeness (QED) is 0.473. The summed E-state index contributed by atoms with van der Waals surface area (Å²) in [5, 5.41) is 12.3. The number of anilines is 1. The molecule has 1 aromatic carbocycles. The largest absolute Gasteiger partial charge is 0.497 e. The molecule has 0 bridgehead atoms. The Hall–Kier alpha value is -2.29. The van der Waals surface area contributed by atoms with E-state index in [4.69, 9.17) is 27.9 Å². The van der Waals surface area contributed by atoms with Gasteiger partial charge in [-0.1, -0.05) is 35.0 Å². The monoisotopic (exact) mass is 465 g/mol. The van der Waals surface area contributed by atoms with Gasteiger partial charge in [-0.2, -0.15) is 0 Å². The van der Waals surface area contributed by atoms with E-state index in [1.165, 1.54) is 24.0 Å². The summed E-state index contributed by atoms with van der Waals surface area (Å²) in [7, 11) is 1.62. The highest BCUT2D eigenvalue weighted by atomic mass is 35.5. The molecule has 3 rings (SSSR count). The molecule has 2 heterocycles. The van der Waals surface area contributed by atoms with Crippen molar-refractivity contribution in [3.8, 4) is 17.1 Å². The molecule has 1 amide bonds. The molecule has 30 heavy (non-hydrogen) atoms. The Morgan fingerprint density at radius 2 is 1.87 bits per heavy atom. The zero-order chi connectivity index (χ0) is 21.8. The van der Waals surface area contributed by atoms with E-state index in [1.54, 1.807) is 14.0 Å². The smallest absolute Gasteiger partial charge is 0.238 e. The summed E-state index contributed by atoms with van der Waals surface area (Å²) in [6, 6.07) is 9.24. The Morgan fingerprint density at radius 3 is 2.47 bits per heavy atom. The SMILES string of the molecule is COc1ccc(-c2nnc(S[C@@H](C)C(=O)Nc3ncc(Cl)cc3Cl)n2C(C)C)cc1. The first-order valence-corrected chi connectivity index (χ1v) is 10.8. The van der Waals surface area contributed by atoms with E-state index >= 15 is 0 Å². The fraction of sp³-hybridized carbons (Fsp3) is 0.300. The minimum atomic E-state index is -0.455. The molecular formula is C20H21Cl2N5O2S. The van der Waals surface area contributed by atoms with Crippen LogP contribution in [0.3, 0.4) is 0 Å². The summed E-state index contributed by atoms with van der Waals surface area (Å²) in [4.78, 5) is 16.7. The number of carbonyl (C=O) groups excluding carboxylic acids is 1. The maximum absolute atomic E-state index is 12.6.